The highest BCUT2D eigenvalue weighted by atomic mass is 79.9. The van der Waals surface area contributed by atoms with E-state index in [1.807, 2.05) is 30.3 Å². The van der Waals surface area contributed by atoms with Gasteiger partial charge in [0.15, 0.2) is 0 Å². The average molecular weight is 395 g/mol. The molecule has 0 atom stereocenters. The number of anilines is 1. The van der Waals surface area contributed by atoms with Gasteiger partial charge in [-0.05, 0) is 49.2 Å². The average Bonchev–Trinajstić information content (AvgIpc) is 2.58. The summed E-state index contributed by atoms with van der Waals surface area (Å²) in [6.45, 7) is 1.09. The fourth-order valence-corrected chi connectivity index (χ4v) is 4.52. The van der Waals surface area contributed by atoms with Crippen LogP contribution >= 0.6 is 15.9 Å². The van der Waals surface area contributed by atoms with Gasteiger partial charge in [0.25, 0.3) is 0 Å². The van der Waals surface area contributed by atoms with E-state index in [0.29, 0.717) is 24.0 Å². The molecule has 6 heteroatoms. The maximum atomic E-state index is 12.6. The van der Waals surface area contributed by atoms with Crippen LogP contribution in [0.5, 0.6) is 0 Å². The van der Waals surface area contributed by atoms with Gasteiger partial charge in [-0.25, -0.2) is 8.42 Å². The quantitative estimate of drug-likeness (QED) is 0.859. The van der Waals surface area contributed by atoms with E-state index >= 15 is 0 Å². The summed E-state index contributed by atoms with van der Waals surface area (Å²) in [5.41, 5.74) is 1.07. The molecule has 0 saturated carbocycles. The van der Waals surface area contributed by atoms with Gasteiger partial charge in [0, 0.05) is 29.3 Å². The van der Waals surface area contributed by atoms with Crippen LogP contribution in [0.2, 0.25) is 0 Å². The number of halogens is 1. The normalized spacial score (nSPS) is 17.1. The molecule has 1 aliphatic rings. The van der Waals surface area contributed by atoms with Crippen molar-refractivity contribution in [3.63, 3.8) is 0 Å². The molecular weight excluding hydrogens is 376 g/mol. The lowest BCUT2D eigenvalue weighted by Gasteiger charge is -2.32. The van der Waals surface area contributed by atoms with Gasteiger partial charge < -0.3 is 5.32 Å². The van der Waals surface area contributed by atoms with Gasteiger partial charge in [0.2, 0.25) is 10.0 Å². The van der Waals surface area contributed by atoms with E-state index in [1.54, 1.807) is 28.6 Å². The van der Waals surface area contributed by atoms with E-state index in [1.165, 1.54) is 0 Å². The lowest BCUT2D eigenvalue weighted by atomic mass is 10.1. The van der Waals surface area contributed by atoms with E-state index in [0.717, 1.165) is 23.0 Å². The smallest absolute Gasteiger partial charge is 0.243 e. The van der Waals surface area contributed by atoms with Crippen LogP contribution in [-0.4, -0.2) is 31.9 Å². The molecule has 2 aromatic carbocycles. The number of hydrogen-bond donors (Lipinski definition) is 1. The van der Waals surface area contributed by atoms with E-state index < -0.39 is 10.0 Å². The van der Waals surface area contributed by atoms with Crippen LogP contribution in [0.25, 0.3) is 0 Å². The molecule has 1 heterocycles. The molecule has 1 N–H and O–H groups in total. The lowest BCUT2D eigenvalue weighted by Crippen LogP contribution is -2.42. The first-order chi connectivity index (χ1) is 11.1. The summed E-state index contributed by atoms with van der Waals surface area (Å²) in [6.07, 6.45) is 1.62. The van der Waals surface area contributed by atoms with Crippen molar-refractivity contribution < 1.29 is 8.42 Å². The standard InChI is InChI=1S/C17H19BrN2O2S/c18-14-6-8-15(9-7-14)19-16-10-12-20(13-11-16)23(21,22)17-4-2-1-3-5-17/h1-9,16,19H,10-13H2. The molecular formula is C17H19BrN2O2S. The molecule has 1 aliphatic heterocycles. The minimum Gasteiger partial charge on any atom is -0.382 e. The van der Waals surface area contributed by atoms with Crippen LogP contribution in [-0.2, 0) is 10.0 Å². The summed E-state index contributed by atoms with van der Waals surface area (Å²) < 4.78 is 27.8. The van der Waals surface area contributed by atoms with Crippen LogP contribution in [0.1, 0.15) is 12.8 Å². The molecule has 2 aromatic rings. The van der Waals surface area contributed by atoms with Gasteiger partial charge in [0.1, 0.15) is 0 Å². The van der Waals surface area contributed by atoms with Gasteiger partial charge in [-0.15, -0.1) is 0 Å². The van der Waals surface area contributed by atoms with Crippen molar-refractivity contribution >= 4 is 31.6 Å². The molecule has 0 unspecified atom stereocenters. The van der Waals surface area contributed by atoms with Gasteiger partial charge >= 0.3 is 0 Å². The number of rotatable bonds is 4. The lowest BCUT2D eigenvalue weighted by molar-refractivity contribution is 0.330. The summed E-state index contributed by atoms with van der Waals surface area (Å²) in [5, 5.41) is 3.48. The monoisotopic (exact) mass is 394 g/mol. The summed E-state index contributed by atoms with van der Waals surface area (Å²) in [7, 11) is -3.36. The number of nitrogens with one attached hydrogen (secondary N) is 1. The fraction of sp³-hybridized carbons (Fsp3) is 0.294. The minimum atomic E-state index is -3.36. The molecule has 0 radical (unpaired) electrons. The van der Waals surface area contributed by atoms with Crippen LogP contribution in [0.4, 0.5) is 5.69 Å². The topological polar surface area (TPSA) is 49.4 Å². The summed E-state index contributed by atoms with van der Waals surface area (Å²) in [6, 6.07) is 17.0. The first-order valence-electron chi connectivity index (χ1n) is 7.63. The Bertz CT molecular complexity index is 740. The number of benzene rings is 2. The van der Waals surface area contributed by atoms with E-state index in [2.05, 4.69) is 21.2 Å². The van der Waals surface area contributed by atoms with Crippen LogP contribution in [0, 0.1) is 0 Å². The Labute approximate surface area is 145 Å². The highest BCUT2D eigenvalue weighted by molar-refractivity contribution is 9.10. The van der Waals surface area contributed by atoms with Gasteiger partial charge in [-0.2, -0.15) is 4.31 Å². The van der Waals surface area contributed by atoms with Crippen LogP contribution < -0.4 is 5.32 Å². The summed E-state index contributed by atoms with van der Waals surface area (Å²) in [4.78, 5) is 0.374. The second-order valence-electron chi connectivity index (χ2n) is 5.64. The third kappa shape index (κ3) is 3.94. The zero-order valence-corrected chi connectivity index (χ0v) is 15.1. The first-order valence-corrected chi connectivity index (χ1v) is 9.86. The number of sulfonamides is 1. The molecule has 0 bridgehead atoms. The highest BCUT2D eigenvalue weighted by Crippen LogP contribution is 2.23. The van der Waals surface area contributed by atoms with Crippen molar-refractivity contribution in [1.82, 2.24) is 4.31 Å². The van der Waals surface area contributed by atoms with Crippen LogP contribution in [0.15, 0.2) is 64.0 Å². The maximum absolute atomic E-state index is 12.6. The van der Waals surface area contributed by atoms with Gasteiger partial charge in [-0.3, -0.25) is 0 Å². The number of piperidine rings is 1. The largest absolute Gasteiger partial charge is 0.382 e. The number of hydrogen-bond acceptors (Lipinski definition) is 3. The van der Waals surface area contributed by atoms with E-state index in [9.17, 15) is 8.42 Å². The van der Waals surface area contributed by atoms with Crippen molar-refractivity contribution in [2.45, 2.75) is 23.8 Å². The zero-order valence-electron chi connectivity index (χ0n) is 12.7. The highest BCUT2D eigenvalue weighted by Gasteiger charge is 2.29. The van der Waals surface area contributed by atoms with Crippen molar-refractivity contribution in [3.8, 4) is 0 Å². The molecule has 3 rings (SSSR count). The Kier molecular flexibility index (Phi) is 5.04. The van der Waals surface area contributed by atoms with E-state index in [4.69, 9.17) is 0 Å². The summed E-state index contributed by atoms with van der Waals surface area (Å²) >= 11 is 3.42. The maximum Gasteiger partial charge on any atom is 0.243 e. The Hall–Kier alpha value is -1.37. The molecule has 0 amide bonds. The third-order valence-electron chi connectivity index (χ3n) is 4.05. The molecule has 122 valence electrons. The Balaban J connectivity index is 1.61. The molecule has 0 aliphatic carbocycles. The van der Waals surface area contributed by atoms with Crippen molar-refractivity contribution in [3.05, 3.63) is 59.1 Å². The van der Waals surface area contributed by atoms with E-state index in [-0.39, 0.29) is 0 Å². The minimum absolute atomic E-state index is 0.304. The molecule has 0 spiro atoms. The molecule has 1 saturated heterocycles. The first kappa shape index (κ1) is 16.5. The predicted octanol–water partition coefficient (Wildman–Crippen LogP) is 3.71. The Morgan fingerprint density at radius 3 is 2.17 bits per heavy atom. The van der Waals surface area contributed by atoms with Gasteiger partial charge in [-0.1, -0.05) is 34.1 Å². The van der Waals surface area contributed by atoms with Crippen molar-refractivity contribution in [2.75, 3.05) is 18.4 Å². The third-order valence-corrected chi connectivity index (χ3v) is 6.49. The van der Waals surface area contributed by atoms with Gasteiger partial charge in [0.05, 0.1) is 4.90 Å². The SMILES string of the molecule is O=S(=O)(c1ccccc1)N1CCC(Nc2ccc(Br)cc2)CC1. The zero-order chi connectivity index (χ0) is 16.3. The fourth-order valence-electron chi connectivity index (χ4n) is 2.76. The number of nitrogens with zero attached hydrogens (tertiary/aromatic N) is 1. The molecule has 4 nitrogen and oxygen atoms in total. The van der Waals surface area contributed by atoms with Crippen molar-refractivity contribution in [1.29, 1.82) is 0 Å². The summed E-state index contributed by atoms with van der Waals surface area (Å²) in [5.74, 6) is 0. The Morgan fingerprint density at radius 2 is 1.57 bits per heavy atom. The predicted molar refractivity (Wildman–Crippen MR) is 96.0 cm³/mol. The molecule has 23 heavy (non-hydrogen) atoms. The second-order valence-corrected chi connectivity index (χ2v) is 8.50. The van der Waals surface area contributed by atoms with Crippen LogP contribution in [0.3, 0.4) is 0 Å². The molecule has 1 fully saturated rings. The Morgan fingerprint density at radius 1 is 0.957 bits per heavy atom. The molecule has 0 aromatic heterocycles. The second kappa shape index (κ2) is 7.03. The van der Waals surface area contributed by atoms with Crippen molar-refractivity contribution in [2.24, 2.45) is 0 Å².